The summed E-state index contributed by atoms with van der Waals surface area (Å²) in [4.78, 5) is 0. The summed E-state index contributed by atoms with van der Waals surface area (Å²) in [6.07, 6.45) is 3.84. The first-order chi connectivity index (χ1) is 9.22. The van der Waals surface area contributed by atoms with E-state index in [-0.39, 0.29) is 0 Å². The maximum atomic E-state index is 5.68. The van der Waals surface area contributed by atoms with E-state index >= 15 is 0 Å². The predicted octanol–water partition coefficient (Wildman–Crippen LogP) is 2.41. The Labute approximate surface area is 111 Å². The normalized spacial score (nSPS) is 11.0. The Morgan fingerprint density at radius 1 is 1.05 bits per heavy atom. The minimum absolute atomic E-state index is 0.798. The Morgan fingerprint density at radius 2 is 1.84 bits per heavy atom. The van der Waals surface area contributed by atoms with Gasteiger partial charge < -0.3 is 5.73 Å². The maximum absolute atomic E-state index is 5.68. The van der Waals surface area contributed by atoms with Crippen molar-refractivity contribution in [3.63, 3.8) is 0 Å². The van der Waals surface area contributed by atoms with E-state index in [1.54, 1.807) is 0 Å². The van der Waals surface area contributed by atoms with Crippen LogP contribution in [0.3, 0.4) is 0 Å². The lowest BCUT2D eigenvalue weighted by atomic mass is 10.1. The third-order valence-electron chi connectivity index (χ3n) is 3.25. The molecule has 0 bridgehead atoms. The number of hydrogen-bond acceptors (Lipinski definition) is 3. The first kappa shape index (κ1) is 11.7. The Balaban J connectivity index is 1.80. The van der Waals surface area contributed by atoms with Gasteiger partial charge in [-0.15, -0.1) is 10.2 Å². The second-order valence-corrected chi connectivity index (χ2v) is 4.79. The lowest BCUT2D eigenvalue weighted by Gasteiger charge is -2.02. The van der Waals surface area contributed by atoms with Crippen LogP contribution >= 0.6 is 0 Å². The van der Waals surface area contributed by atoms with Gasteiger partial charge in [0.2, 0.25) is 0 Å². The van der Waals surface area contributed by atoms with Crippen molar-refractivity contribution in [2.75, 3.05) is 5.73 Å². The standard InChI is InChI=1S/C15H16N4/c1-11-8-9-19-14(17-18-15(19)10-11)7-4-12-2-5-13(16)6-3-12/h2-3,5-6,8-10H,4,7,16H2,1H3. The van der Waals surface area contributed by atoms with Crippen LogP contribution in [0, 0.1) is 6.92 Å². The number of fused-ring (bicyclic) bond motifs is 1. The number of aromatic nitrogens is 3. The van der Waals surface area contributed by atoms with Gasteiger partial charge in [-0.25, -0.2) is 0 Å². The second kappa shape index (κ2) is 4.72. The summed E-state index contributed by atoms with van der Waals surface area (Å²) in [7, 11) is 0. The summed E-state index contributed by atoms with van der Waals surface area (Å²) in [6, 6.07) is 12.1. The third kappa shape index (κ3) is 2.42. The zero-order valence-electron chi connectivity index (χ0n) is 10.9. The van der Waals surface area contributed by atoms with Gasteiger partial charge in [-0.05, 0) is 48.7 Å². The molecule has 0 atom stereocenters. The van der Waals surface area contributed by atoms with Gasteiger partial charge in [-0.2, -0.15) is 0 Å². The summed E-state index contributed by atoms with van der Waals surface area (Å²) in [5, 5.41) is 8.46. The van der Waals surface area contributed by atoms with Gasteiger partial charge in [0, 0.05) is 18.3 Å². The van der Waals surface area contributed by atoms with Gasteiger partial charge in [0.1, 0.15) is 5.82 Å². The minimum atomic E-state index is 0.798. The molecule has 4 nitrogen and oxygen atoms in total. The summed E-state index contributed by atoms with van der Waals surface area (Å²) < 4.78 is 2.05. The van der Waals surface area contributed by atoms with Crippen molar-refractivity contribution in [3.8, 4) is 0 Å². The van der Waals surface area contributed by atoms with Crippen LogP contribution in [0.5, 0.6) is 0 Å². The Hall–Kier alpha value is -2.36. The Kier molecular flexibility index (Phi) is 2.91. The van der Waals surface area contributed by atoms with Crippen molar-refractivity contribution in [3.05, 3.63) is 59.5 Å². The molecule has 0 fully saturated rings. The van der Waals surface area contributed by atoms with Crippen LogP contribution in [-0.4, -0.2) is 14.6 Å². The van der Waals surface area contributed by atoms with E-state index in [1.807, 2.05) is 28.8 Å². The summed E-state index contributed by atoms with van der Waals surface area (Å²) in [5.41, 5.74) is 9.85. The Morgan fingerprint density at radius 3 is 2.63 bits per heavy atom. The number of nitrogens with zero attached hydrogens (tertiary/aromatic N) is 3. The van der Waals surface area contributed by atoms with Crippen molar-refractivity contribution >= 4 is 11.3 Å². The second-order valence-electron chi connectivity index (χ2n) is 4.79. The molecule has 0 aliphatic heterocycles. The molecule has 1 aromatic carbocycles. The number of nitrogens with two attached hydrogens (primary N) is 1. The molecule has 0 amide bonds. The molecule has 96 valence electrons. The Bertz CT molecular complexity index is 698. The number of pyridine rings is 1. The van der Waals surface area contributed by atoms with Gasteiger partial charge in [0.05, 0.1) is 0 Å². The predicted molar refractivity (Wildman–Crippen MR) is 76.0 cm³/mol. The fourth-order valence-electron chi connectivity index (χ4n) is 2.15. The van der Waals surface area contributed by atoms with Crippen molar-refractivity contribution in [2.45, 2.75) is 19.8 Å². The molecule has 0 saturated carbocycles. The molecule has 2 N–H and O–H groups in total. The van der Waals surface area contributed by atoms with Crippen LogP contribution in [0.1, 0.15) is 17.0 Å². The maximum Gasteiger partial charge on any atom is 0.161 e. The molecule has 19 heavy (non-hydrogen) atoms. The van der Waals surface area contributed by atoms with Crippen LogP contribution in [0.4, 0.5) is 5.69 Å². The first-order valence-electron chi connectivity index (χ1n) is 6.37. The average Bonchev–Trinajstić information content (AvgIpc) is 2.80. The smallest absolute Gasteiger partial charge is 0.161 e. The van der Waals surface area contributed by atoms with Gasteiger partial charge in [0.25, 0.3) is 0 Å². The topological polar surface area (TPSA) is 56.2 Å². The highest BCUT2D eigenvalue weighted by atomic mass is 15.2. The van der Waals surface area contributed by atoms with Gasteiger partial charge in [-0.1, -0.05) is 12.1 Å². The minimum Gasteiger partial charge on any atom is -0.399 e. The molecular weight excluding hydrogens is 236 g/mol. The highest BCUT2D eigenvalue weighted by Gasteiger charge is 2.05. The number of benzene rings is 1. The zero-order chi connectivity index (χ0) is 13.2. The van der Waals surface area contributed by atoms with Crippen molar-refractivity contribution in [1.29, 1.82) is 0 Å². The van der Waals surface area contributed by atoms with Gasteiger partial charge in [-0.3, -0.25) is 4.40 Å². The van der Waals surface area contributed by atoms with E-state index in [1.165, 1.54) is 11.1 Å². The quantitative estimate of drug-likeness (QED) is 0.728. The molecular formula is C15H16N4. The van der Waals surface area contributed by atoms with E-state index in [2.05, 4.69) is 35.3 Å². The van der Waals surface area contributed by atoms with E-state index in [9.17, 15) is 0 Å². The lowest BCUT2D eigenvalue weighted by Crippen LogP contribution is -1.98. The third-order valence-corrected chi connectivity index (χ3v) is 3.25. The van der Waals surface area contributed by atoms with Crippen molar-refractivity contribution in [1.82, 2.24) is 14.6 Å². The molecule has 0 saturated heterocycles. The molecule has 2 aromatic heterocycles. The van der Waals surface area contributed by atoms with Crippen LogP contribution in [0.2, 0.25) is 0 Å². The molecule has 3 rings (SSSR count). The zero-order valence-corrected chi connectivity index (χ0v) is 10.9. The molecule has 0 spiro atoms. The van der Waals surface area contributed by atoms with Crippen LogP contribution < -0.4 is 5.73 Å². The summed E-state index contributed by atoms with van der Waals surface area (Å²) in [5.74, 6) is 0.992. The highest BCUT2D eigenvalue weighted by Crippen LogP contribution is 2.11. The van der Waals surface area contributed by atoms with E-state index < -0.39 is 0 Å². The molecule has 3 aromatic rings. The number of anilines is 1. The van der Waals surface area contributed by atoms with Crippen molar-refractivity contribution in [2.24, 2.45) is 0 Å². The lowest BCUT2D eigenvalue weighted by molar-refractivity contribution is 0.839. The molecule has 0 radical (unpaired) electrons. The van der Waals surface area contributed by atoms with Gasteiger partial charge in [0.15, 0.2) is 5.65 Å². The average molecular weight is 252 g/mol. The van der Waals surface area contributed by atoms with Crippen LogP contribution in [0.25, 0.3) is 5.65 Å². The molecule has 0 aliphatic carbocycles. The number of hydrogen-bond donors (Lipinski definition) is 1. The molecule has 2 heterocycles. The fraction of sp³-hybridized carbons (Fsp3) is 0.200. The summed E-state index contributed by atoms with van der Waals surface area (Å²) in [6.45, 7) is 2.06. The summed E-state index contributed by atoms with van der Waals surface area (Å²) >= 11 is 0. The SMILES string of the molecule is Cc1ccn2c(CCc3ccc(N)cc3)nnc2c1. The number of aryl methyl sites for hydroxylation is 3. The molecule has 4 heteroatoms. The number of nitrogen functional groups attached to an aromatic ring is 1. The van der Waals surface area contributed by atoms with E-state index in [0.29, 0.717) is 0 Å². The first-order valence-corrected chi connectivity index (χ1v) is 6.37. The fourth-order valence-corrected chi connectivity index (χ4v) is 2.15. The van der Waals surface area contributed by atoms with Crippen LogP contribution in [0.15, 0.2) is 42.6 Å². The van der Waals surface area contributed by atoms with E-state index in [0.717, 1.165) is 30.0 Å². The van der Waals surface area contributed by atoms with Crippen molar-refractivity contribution < 1.29 is 0 Å². The monoisotopic (exact) mass is 252 g/mol. The number of rotatable bonds is 3. The van der Waals surface area contributed by atoms with Gasteiger partial charge >= 0.3 is 0 Å². The van der Waals surface area contributed by atoms with E-state index in [4.69, 9.17) is 5.73 Å². The molecule has 0 aliphatic rings. The molecule has 0 unspecified atom stereocenters. The van der Waals surface area contributed by atoms with Crippen LogP contribution in [-0.2, 0) is 12.8 Å². The largest absolute Gasteiger partial charge is 0.399 e. The highest BCUT2D eigenvalue weighted by molar-refractivity contribution is 5.41.